The number of rotatable bonds is 2. The highest BCUT2D eigenvalue weighted by molar-refractivity contribution is 5.92. The van der Waals surface area contributed by atoms with E-state index >= 15 is 0 Å². The Morgan fingerprint density at radius 2 is 1.88 bits per heavy atom. The zero-order valence-electron chi connectivity index (χ0n) is 10.5. The van der Waals surface area contributed by atoms with Gasteiger partial charge in [0.15, 0.2) is 5.69 Å². The molecule has 1 amide bonds. The van der Waals surface area contributed by atoms with Gasteiger partial charge in [0.1, 0.15) is 0 Å². The van der Waals surface area contributed by atoms with Gasteiger partial charge < -0.3 is 5.32 Å². The maximum atomic E-state index is 11.6. The van der Waals surface area contributed by atoms with Gasteiger partial charge in [-0.05, 0) is 26.0 Å². The number of nitrogens with zero attached hydrogens (tertiary/aromatic N) is 2. The third-order valence-electron chi connectivity index (χ3n) is 2.09. The number of carbonyl (C=O) groups excluding carboxylic acids is 1. The molecule has 4 nitrogen and oxygen atoms in total. The van der Waals surface area contributed by atoms with Crippen LogP contribution in [-0.4, -0.2) is 22.1 Å². The number of aromatic nitrogens is 2. The van der Waals surface area contributed by atoms with Gasteiger partial charge in [0.25, 0.3) is 5.91 Å². The molecule has 0 unspecified atom stereocenters. The number of hydrogen-bond acceptors (Lipinski definition) is 3. The minimum Gasteiger partial charge on any atom is -0.348 e. The Kier molecular flexibility index (Phi) is 3.62. The summed E-state index contributed by atoms with van der Waals surface area (Å²) in [6, 6.07) is 3.67. The Bertz CT molecular complexity index is 363. The predicted molar refractivity (Wildman–Crippen MR) is 63.3 cm³/mol. The summed E-state index contributed by atoms with van der Waals surface area (Å²) < 4.78 is 0. The molecule has 0 fully saturated rings. The van der Waals surface area contributed by atoms with E-state index in [9.17, 15) is 4.79 Å². The SMILES string of the molecule is CC(C)NC(=O)c1ccc(C(C)(C)C)nn1. The van der Waals surface area contributed by atoms with E-state index in [0.29, 0.717) is 5.69 Å². The molecule has 88 valence electrons. The van der Waals surface area contributed by atoms with Crippen molar-refractivity contribution < 1.29 is 4.79 Å². The number of carbonyl (C=O) groups is 1. The summed E-state index contributed by atoms with van der Waals surface area (Å²) in [6.07, 6.45) is 0. The average molecular weight is 221 g/mol. The highest BCUT2D eigenvalue weighted by Gasteiger charge is 2.17. The molecule has 0 saturated carbocycles. The molecule has 0 spiro atoms. The zero-order chi connectivity index (χ0) is 12.3. The van der Waals surface area contributed by atoms with Crippen molar-refractivity contribution in [2.75, 3.05) is 0 Å². The van der Waals surface area contributed by atoms with Crippen LogP contribution >= 0.6 is 0 Å². The van der Waals surface area contributed by atoms with Crippen molar-refractivity contribution in [3.05, 3.63) is 23.5 Å². The van der Waals surface area contributed by atoms with Crippen LogP contribution in [0.15, 0.2) is 12.1 Å². The minimum absolute atomic E-state index is 0.0416. The second-order valence-electron chi connectivity index (χ2n) is 5.18. The lowest BCUT2D eigenvalue weighted by Gasteiger charge is -2.16. The third-order valence-corrected chi connectivity index (χ3v) is 2.09. The van der Waals surface area contributed by atoms with E-state index < -0.39 is 0 Å². The van der Waals surface area contributed by atoms with Gasteiger partial charge in [0.05, 0.1) is 5.69 Å². The van der Waals surface area contributed by atoms with Crippen LogP contribution in [0.2, 0.25) is 0 Å². The fourth-order valence-electron chi connectivity index (χ4n) is 1.19. The van der Waals surface area contributed by atoms with Crippen LogP contribution in [0.25, 0.3) is 0 Å². The lowest BCUT2D eigenvalue weighted by molar-refractivity contribution is 0.0937. The fraction of sp³-hybridized carbons (Fsp3) is 0.583. The van der Waals surface area contributed by atoms with E-state index in [1.54, 1.807) is 6.07 Å². The first-order valence-corrected chi connectivity index (χ1v) is 5.46. The third kappa shape index (κ3) is 3.29. The van der Waals surface area contributed by atoms with Crippen LogP contribution in [0.1, 0.15) is 50.8 Å². The molecule has 0 bridgehead atoms. The van der Waals surface area contributed by atoms with Crippen molar-refractivity contribution >= 4 is 5.91 Å². The van der Waals surface area contributed by atoms with Crippen LogP contribution in [0.4, 0.5) is 0 Å². The molecule has 1 N–H and O–H groups in total. The summed E-state index contributed by atoms with van der Waals surface area (Å²) in [5.41, 5.74) is 1.20. The van der Waals surface area contributed by atoms with Crippen molar-refractivity contribution in [1.82, 2.24) is 15.5 Å². The van der Waals surface area contributed by atoms with Crippen molar-refractivity contribution in [3.63, 3.8) is 0 Å². The standard InChI is InChI=1S/C12H19N3O/c1-8(2)13-11(16)9-6-7-10(15-14-9)12(3,4)5/h6-8H,1-5H3,(H,13,16). The van der Waals surface area contributed by atoms with E-state index in [0.717, 1.165) is 5.69 Å². The molecule has 0 radical (unpaired) electrons. The lowest BCUT2D eigenvalue weighted by atomic mass is 9.92. The lowest BCUT2D eigenvalue weighted by Crippen LogP contribution is -2.31. The molecule has 1 aromatic heterocycles. The van der Waals surface area contributed by atoms with E-state index in [1.807, 2.05) is 19.9 Å². The summed E-state index contributed by atoms with van der Waals surface area (Å²) >= 11 is 0. The molecule has 16 heavy (non-hydrogen) atoms. The Hall–Kier alpha value is -1.45. The second-order valence-corrected chi connectivity index (χ2v) is 5.18. The molecule has 1 rings (SSSR count). The molecule has 0 atom stereocenters. The van der Waals surface area contributed by atoms with Crippen molar-refractivity contribution in [1.29, 1.82) is 0 Å². The molecule has 0 aliphatic heterocycles. The van der Waals surface area contributed by atoms with Crippen LogP contribution in [0.3, 0.4) is 0 Å². The van der Waals surface area contributed by atoms with Crippen LogP contribution in [0, 0.1) is 0 Å². The molecular formula is C12H19N3O. The van der Waals surface area contributed by atoms with Gasteiger partial charge in [-0.15, -0.1) is 5.10 Å². The largest absolute Gasteiger partial charge is 0.348 e. The highest BCUT2D eigenvalue weighted by atomic mass is 16.1. The Balaban J connectivity index is 2.83. The number of amides is 1. The summed E-state index contributed by atoms with van der Waals surface area (Å²) in [5, 5.41) is 10.8. The van der Waals surface area contributed by atoms with Gasteiger partial charge in [-0.1, -0.05) is 20.8 Å². The molecule has 0 aromatic carbocycles. The van der Waals surface area contributed by atoms with Gasteiger partial charge in [-0.3, -0.25) is 4.79 Å². The normalized spacial score (nSPS) is 11.6. The Morgan fingerprint density at radius 1 is 1.25 bits per heavy atom. The highest BCUT2D eigenvalue weighted by Crippen LogP contribution is 2.18. The Morgan fingerprint density at radius 3 is 2.25 bits per heavy atom. The molecule has 1 heterocycles. The number of hydrogen-bond donors (Lipinski definition) is 1. The summed E-state index contributed by atoms with van der Waals surface area (Å²) in [7, 11) is 0. The smallest absolute Gasteiger partial charge is 0.271 e. The minimum atomic E-state index is -0.178. The second kappa shape index (κ2) is 4.60. The van der Waals surface area contributed by atoms with E-state index in [1.165, 1.54) is 0 Å². The predicted octanol–water partition coefficient (Wildman–Crippen LogP) is 1.91. The van der Waals surface area contributed by atoms with Gasteiger partial charge in [0.2, 0.25) is 0 Å². The van der Waals surface area contributed by atoms with E-state index in [4.69, 9.17) is 0 Å². The average Bonchev–Trinajstić information content (AvgIpc) is 2.15. The molecule has 0 saturated heterocycles. The molecule has 4 heteroatoms. The van der Waals surface area contributed by atoms with Crippen molar-refractivity contribution in [2.45, 2.75) is 46.1 Å². The van der Waals surface area contributed by atoms with Gasteiger partial charge in [0, 0.05) is 11.5 Å². The molecule has 1 aromatic rings. The molecule has 0 aliphatic carbocycles. The maximum absolute atomic E-state index is 11.6. The maximum Gasteiger partial charge on any atom is 0.271 e. The monoisotopic (exact) mass is 221 g/mol. The first-order valence-electron chi connectivity index (χ1n) is 5.46. The molecular weight excluding hydrogens is 202 g/mol. The summed E-state index contributed by atoms with van der Waals surface area (Å²) in [5.74, 6) is -0.178. The zero-order valence-corrected chi connectivity index (χ0v) is 10.5. The van der Waals surface area contributed by atoms with Gasteiger partial charge in [-0.25, -0.2) is 0 Å². The molecule has 0 aliphatic rings. The number of nitrogens with one attached hydrogen (secondary N) is 1. The first kappa shape index (κ1) is 12.6. The van der Waals surface area contributed by atoms with Crippen LogP contribution < -0.4 is 5.32 Å². The Labute approximate surface area is 96.5 Å². The van der Waals surface area contributed by atoms with Crippen LogP contribution in [-0.2, 0) is 5.41 Å². The van der Waals surface area contributed by atoms with Crippen LogP contribution in [0.5, 0.6) is 0 Å². The van der Waals surface area contributed by atoms with Gasteiger partial charge in [-0.2, -0.15) is 5.10 Å². The van der Waals surface area contributed by atoms with E-state index in [-0.39, 0.29) is 17.4 Å². The quantitative estimate of drug-likeness (QED) is 0.830. The van der Waals surface area contributed by atoms with Crippen molar-refractivity contribution in [3.8, 4) is 0 Å². The summed E-state index contributed by atoms with van der Waals surface area (Å²) in [4.78, 5) is 11.6. The van der Waals surface area contributed by atoms with Crippen molar-refractivity contribution in [2.24, 2.45) is 0 Å². The first-order chi connectivity index (χ1) is 7.30. The van der Waals surface area contributed by atoms with Gasteiger partial charge >= 0.3 is 0 Å². The fourth-order valence-corrected chi connectivity index (χ4v) is 1.19. The van der Waals surface area contributed by atoms with E-state index in [2.05, 4.69) is 36.3 Å². The summed E-state index contributed by atoms with van der Waals surface area (Å²) in [6.45, 7) is 10.0. The topological polar surface area (TPSA) is 54.9 Å².